The minimum absolute atomic E-state index is 0.0242. The van der Waals surface area contributed by atoms with E-state index in [9.17, 15) is 9.59 Å². The van der Waals surface area contributed by atoms with Crippen molar-refractivity contribution in [2.45, 2.75) is 19.8 Å². The maximum atomic E-state index is 12.6. The fraction of sp³-hybridized carbons (Fsp3) is 0.316. The number of benzene rings is 1. The van der Waals surface area contributed by atoms with Crippen LogP contribution in [0.3, 0.4) is 0 Å². The number of carbonyl (C=O) groups excluding carboxylic acids is 2. The van der Waals surface area contributed by atoms with E-state index in [1.165, 1.54) is 0 Å². The first kappa shape index (κ1) is 16.8. The van der Waals surface area contributed by atoms with Crippen molar-refractivity contribution >= 4 is 33.8 Å². The number of amides is 2. The first-order valence-electron chi connectivity index (χ1n) is 8.69. The van der Waals surface area contributed by atoms with Crippen LogP contribution < -0.4 is 5.32 Å². The van der Waals surface area contributed by atoms with Gasteiger partial charge in [0.2, 0.25) is 11.8 Å². The molecule has 26 heavy (non-hydrogen) atoms. The highest BCUT2D eigenvalue weighted by Crippen LogP contribution is 2.25. The van der Waals surface area contributed by atoms with Gasteiger partial charge in [-0.25, -0.2) is 4.98 Å². The van der Waals surface area contributed by atoms with Crippen LogP contribution in [0.2, 0.25) is 0 Å². The van der Waals surface area contributed by atoms with Crippen LogP contribution in [0.15, 0.2) is 42.0 Å². The number of aromatic nitrogens is 2. The summed E-state index contributed by atoms with van der Waals surface area (Å²) < 4.78 is 1.99. The van der Waals surface area contributed by atoms with Crippen LogP contribution in [0.4, 0.5) is 5.69 Å². The Hall–Kier alpha value is -2.67. The minimum Gasteiger partial charge on any atom is -0.343 e. The molecule has 7 heteroatoms. The molecule has 0 aliphatic carbocycles. The van der Waals surface area contributed by atoms with Gasteiger partial charge in [-0.1, -0.05) is 12.1 Å². The van der Waals surface area contributed by atoms with Crippen LogP contribution in [0.25, 0.3) is 16.2 Å². The van der Waals surface area contributed by atoms with Gasteiger partial charge in [-0.2, -0.15) is 0 Å². The number of nitrogens with one attached hydrogen (secondary N) is 1. The summed E-state index contributed by atoms with van der Waals surface area (Å²) in [4.78, 5) is 31.3. The second kappa shape index (κ2) is 6.92. The molecule has 1 aliphatic heterocycles. The fourth-order valence-electron chi connectivity index (χ4n) is 3.32. The van der Waals surface area contributed by atoms with Crippen molar-refractivity contribution in [3.8, 4) is 11.3 Å². The predicted molar refractivity (Wildman–Crippen MR) is 102 cm³/mol. The Balaban J connectivity index is 1.44. The minimum atomic E-state index is -0.0489. The first-order chi connectivity index (χ1) is 12.6. The zero-order chi connectivity index (χ0) is 18.1. The number of piperidine rings is 1. The lowest BCUT2D eigenvalue weighted by Crippen LogP contribution is -2.40. The van der Waals surface area contributed by atoms with Crippen LogP contribution in [0.5, 0.6) is 0 Å². The zero-order valence-corrected chi connectivity index (χ0v) is 15.3. The first-order valence-corrected chi connectivity index (χ1v) is 9.57. The third-order valence-corrected chi connectivity index (χ3v) is 5.60. The molecule has 1 fully saturated rings. The standard InChI is InChI=1S/C19H20N4O2S/c1-13(24)22-7-5-14(6-8-22)18(25)20-16-4-2-3-15(11-16)17-12-23-9-10-26-19(23)21-17/h2-4,9-12,14H,5-8H2,1H3,(H,20,25). The van der Waals surface area contributed by atoms with Crippen LogP contribution in [0.1, 0.15) is 19.8 Å². The van der Waals surface area contributed by atoms with Crippen molar-refractivity contribution < 1.29 is 9.59 Å². The summed E-state index contributed by atoms with van der Waals surface area (Å²) >= 11 is 1.59. The van der Waals surface area contributed by atoms with E-state index in [0.717, 1.165) is 21.9 Å². The predicted octanol–water partition coefficient (Wildman–Crippen LogP) is 3.26. The van der Waals surface area contributed by atoms with Gasteiger partial charge in [-0.05, 0) is 25.0 Å². The Bertz CT molecular complexity index is 925. The number of carbonyl (C=O) groups is 2. The molecule has 0 bridgehead atoms. The van der Waals surface area contributed by atoms with E-state index in [1.54, 1.807) is 23.2 Å². The summed E-state index contributed by atoms with van der Waals surface area (Å²) in [6.45, 7) is 2.88. The Morgan fingerprint density at radius 2 is 2.08 bits per heavy atom. The molecule has 134 valence electrons. The normalized spacial score (nSPS) is 15.3. The Labute approximate surface area is 155 Å². The Morgan fingerprint density at radius 3 is 2.81 bits per heavy atom. The number of hydrogen-bond acceptors (Lipinski definition) is 4. The van der Waals surface area contributed by atoms with Gasteiger partial charge in [0.05, 0.1) is 5.69 Å². The summed E-state index contributed by atoms with van der Waals surface area (Å²) in [7, 11) is 0. The van der Waals surface area contributed by atoms with E-state index in [4.69, 9.17) is 0 Å². The van der Waals surface area contributed by atoms with Crippen molar-refractivity contribution in [2.75, 3.05) is 18.4 Å². The van der Waals surface area contributed by atoms with E-state index in [2.05, 4.69) is 10.3 Å². The molecule has 3 aromatic rings. The highest BCUT2D eigenvalue weighted by Gasteiger charge is 2.26. The molecular formula is C19H20N4O2S. The SMILES string of the molecule is CC(=O)N1CCC(C(=O)Nc2cccc(-c3cn4ccsc4n3)c2)CC1. The van der Waals surface area contributed by atoms with Gasteiger partial charge in [-0.3, -0.25) is 14.0 Å². The van der Waals surface area contributed by atoms with Crippen molar-refractivity contribution in [2.24, 2.45) is 5.92 Å². The largest absolute Gasteiger partial charge is 0.343 e. The molecule has 6 nitrogen and oxygen atoms in total. The van der Waals surface area contributed by atoms with E-state index in [0.29, 0.717) is 25.9 Å². The third kappa shape index (κ3) is 3.35. The van der Waals surface area contributed by atoms with E-state index in [1.807, 2.05) is 46.4 Å². The van der Waals surface area contributed by atoms with E-state index >= 15 is 0 Å². The second-order valence-corrected chi connectivity index (χ2v) is 7.44. The maximum Gasteiger partial charge on any atom is 0.227 e. The van der Waals surface area contributed by atoms with Gasteiger partial charge >= 0.3 is 0 Å². The van der Waals surface area contributed by atoms with Crippen molar-refractivity contribution in [1.29, 1.82) is 0 Å². The summed E-state index contributed by atoms with van der Waals surface area (Å²) in [5, 5.41) is 5.02. The molecule has 0 unspecified atom stereocenters. The topological polar surface area (TPSA) is 66.7 Å². The molecule has 1 aromatic carbocycles. The number of nitrogens with zero attached hydrogens (tertiary/aromatic N) is 3. The maximum absolute atomic E-state index is 12.6. The third-order valence-electron chi connectivity index (χ3n) is 4.83. The van der Waals surface area contributed by atoms with Gasteiger partial charge < -0.3 is 10.2 Å². The molecule has 4 rings (SSSR count). The van der Waals surface area contributed by atoms with E-state index in [-0.39, 0.29) is 17.7 Å². The lowest BCUT2D eigenvalue weighted by atomic mass is 9.95. The quantitative estimate of drug-likeness (QED) is 0.772. The molecule has 0 atom stereocenters. The van der Waals surface area contributed by atoms with Crippen LogP contribution in [-0.4, -0.2) is 39.2 Å². The van der Waals surface area contributed by atoms with Crippen LogP contribution in [0, 0.1) is 5.92 Å². The van der Waals surface area contributed by atoms with Gasteiger partial charge in [0, 0.05) is 55.0 Å². The van der Waals surface area contributed by atoms with Crippen molar-refractivity contribution in [3.05, 3.63) is 42.0 Å². The van der Waals surface area contributed by atoms with Crippen molar-refractivity contribution in [3.63, 3.8) is 0 Å². The Kier molecular flexibility index (Phi) is 4.46. The number of rotatable bonds is 3. The number of thiazole rings is 1. The number of hydrogen-bond donors (Lipinski definition) is 1. The molecule has 0 radical (unpaired) electrons. The molecule has 1 N–H and O–H groups in total. The van der Waals surface area contributed by atoms with Crippen LogP contribution in [-0.2, 0) is 9.59 Å². The number of anilines is 1. The molecule has 1 aliphatic rings. The molecule has 2 aromatic heterocycles. The number of likely N-dealkylation sites (tertiary alicyclic amines) is 1. The monoisotopic (exact) mass is 368 g/mol. The van der Waals surface area contributed by atoms with Gasteiger partial charge in [0.1, 0.15) is 0 Å². The average Bonchev–Trinajstić information content (AvgIpc) is 3.24. The highest BCUT2D eigenvalue weighted by molar-refractivity contribution is 7.15. The number of fused-ring (bicyclic) bond motifs is 1. The molecule has 1 saturated heterocycles. The lowest BCUT2D eigenvalue weighted by Gasteiger charge is -2.30. The molecular weight excluding hydrogens is 348 g/mol. The van der Waals surface area contributed by atoms with Gasteiger partial charge in [0.15, 0.2) is 4.96 Å². The van der Waals surface area contributed by atoms with Crippen LogP contribution >= 0.6 is 11.3 Å². The van der Waals surface area contributed by atoms with Crippen molar-refractivity contribution in [1.82, 2.24) is 14.3 Å². The molecule has 2 amide bonds. The average molecular weight is 368 g/mol. The molecule has 0 saturated carbocycles. The Morgan fingerprint density at radius 1 is 1.27 bits per heavy atom. The second-order valence-electron chi connectivity index (χ2n) is 6.57. The fourth-order valence-corrected chi connectivity index (χ4v) is 4.02. The summed E-state index contributed by atoms with van der Waals surface area (Å²) in [6, 6.07) is 7.77. The smallest absolute Gasteiger partial charge is 0.227 e. The number of imidazole rings is 1. The zero-order valence-electron chi connectivity index (χ0n) is 14.5. The lowest BCUT2D eigenvalue weighted by molar-refractivity contribution is -0.132. The molecule has 3 heterocycles. The summed E-state index contributed by atoms with van der Waals surface area (Å²) in [6.07, 6.45) is 5.39. The highest BCUT2D eigenvalue weighted by atomic mass is 32.1. The van der Waals surface area contributed by atoms with Gasteiger partial charge in [0.25, 0.3) is 0 Å². The summed E-state index contributed by atoms with van der Waals surface area (Å²) in [5.74, 6) is 0.0555. The summed E-state index contributed by atoms with van der Waals surface area (Å²) in [5.41, 5.74) is 2.64. The van der Waals surface area contributed by atoms with E-state index < -0.39 is 0 Å². The van der Waals surface area contributed by atoms with Gasteiger partial charge in [-0.15, -0.1) is 11.3 Å². The molecule has 0 spiro atoms.